The van der Waals surface area contributed by atoms with Crippen molar-refractivity contribution < 1.29 is 9.90 Å². The molecule has 0 aromatic rings. The number of carboxylic acid groups (broad SMARTS) is 1. The van der Waals surface area contributed by atoms with Gasteiger partial charge in [-0.05, 0) is 13.0 Å². The van der Waals surface area contributed by atoms with Crippen LogP contribution in [0.5, 0.6) is 0 Å². The van der Waals surface area contributed by atoms with Crippen LogP contribution in [0.4, 0.5) is 0 Å². The largest absolute Gasteiger partial charge is 0.480 e. The van der Waals surface area contributed by atoms with Gasteiger partial charge in [-0.15, -0.1) is 0 Å². The molecule has 1 unspecified atom stereocenters. The molecule has 0 aromatic heterocycles. The monoisotopic (exact) mass is 204 g/mol. The van der Waals surface area contributed by atoms with Crippen LogP contribution in [-0.2, 0) is 4.79 Å². The van der Waals surface area contributed by atoms with Crippen molar-refractivity contribution in [1.82, 2.24) is 4.90 Å². The Balaban J connectivity index is 4.33. The summed E-state index contributed by atoms with van der Waals surface area (Å²) in [7, 11) is 0. The molecule has 0 aliphatic rings. The number of carbonyl (C=O) groups is 1. The molecule has 4 nitrogen and oxygen atoms in total. The molecular weight excluding hydrogens is 188 g/mol. The SMILES string of the molecule is CCC(C(=O)O)N(CC)CC(N)=S. The van der Waals surface area contributed by atoms with E-state index in [1.54, 1.807) is 4.90 Å². The Morgan fingerprint density at radius 2 is 2.15 bits per heavy atom. The zero-order valence-corrected chi connectivity index (χ0v) is 8.80. The molecule has 3 N–H and O–H groups in total. The topological polar surface area (TPSA) is 66.6 Å². The maximum Gasteiger partial charge on any atom is 0.320 e. The fraction of sp³-hybridized carbons (Fsp3) is 0.750. The van der Waals surface area contributed by atoms with Crippen LogP contribution in [0.15, 0.2) is 0 Å². The molecule has 0 amide bonds. The lowest BCUT2D eigenvalue weighted by Gasteiger charge is -2.25. The maximum atomic E-state index is 10.8. The van der Waals surface area contributed by atoms with Crippen LogP contribution in [0.2, 0.25) is 0 Å². The Labute approximate surface area is 83.7 Å². The second-order valence-corrected chi connectivity index (χ2v) is 3.32. The fourth-order valence-corrected chi connectivity index (χ4v) is 1.40. The molecule has 0 aliphatic heterocycles. The average molecular weight is 204 g/mol. The Morgan fingerprint density at radius 3 is 2.38 bits per heavy atom. The van der Waals surface area contributed by atoms with Crippen LogP contribution in [0, 0.1) is 0 Å². The van der Waals surface area contributed by atoms with E-state index in [4.69, 9.17) is 23.1 Å². The standard InChI is InChI=1S/C8H16N2O2S/c1-3-6(8(11)12)10(4-2)5-7(9)13/h6H,3-5H2,1-2H3,(H2,9,13)(H,11,12). The Kier molecular flexibility index (Phi) is 5.57. The molecule has 0 spiro atoms. The summed E-state index contributed by atoms with van der Waals surface area (Å²) >= 11 is 4.73. The predicted octanol–water partition coefficient (Wildman–Crippen LogP) is 0.458. The summed E-state index contributed by atoms with van der Waals surface area (Å²) in [6.07, 6.45) is 0.561. The second-order valence-electron chi connectivity index (χ2n) is 2.79. The van der Waals surface area contributed by atoms with Gasteiger partial charge < -0.3 is 10.8 Å². The van der Waals surface area contributed by atoms with Crippen molar-refractivity contribution in [2.45, 2.75) is 26.3 Å². The molecule has 1 atom stereocenters. The van der Waals surface area contributed by atoms with E-state index in [-0.39, 0.29) is 0 Å². The summed E-state index contributed by atoms with van der Waals surface area (Å²) in [5, 5.41) is 8.86. The van der Waals surface area contributed by atoms with Gasteiger partial charge in [0.1, 0.15) is 6.04 Å². The molecule has 0 saturated carbocycles. The molecule has 0 radical (unpaired) electrons. The van der Waals surface area contributed by atoms with Gasteiger partial charge >= 0.3 is 5.97 Å². The molecule has 13 heavy (non-hydrogen) atoms. The van der Waals surface area contributed by atoms with Gasteiger partial charge in [0.25, 0.3) is 0 Å². The summed E-state index contributed by atoms with van der Waals surface area (Å²) in [5.41, 5.74) is 5.36. The van der Waals surface area contributed by atoms with Crippen molar-refractivity contribution in [3.8, 4) is 0 Å². The molecule has 0 heterocycles. The minimum atomic E-state index is -0.819. The van der Waals surface area contributed by atoms with Crippen molar-refractivity contribution in [1.29, 1.82) is 0 Å². The third-order valence-corrected chi connectivity index (χ3v) is 2.01. The van der Waals surface area contributed by atoms with E-state index < -0.39 is 12.0 Å². The summed E-state index contributed by atoms with van der Waals surface area (Å²) < 4.78 is 0. The lowest BCUT2D eigenvalue weighted by atomic mass is 10.2. The maximum absolute atomic E-state index is 10.8. The lowest BCUT2D eigenvalue weighted by molar-refractivity contribution is -0.143. The Hall–Kier alpha value is -0.680. The Bertz CT molecular complexity index is 197. The summed E-state index contributed by atoms with van der Waals surface area (Å²) in [6.45, 7) is 4.74. The summed E-state index contributed by atoms with van der Waals surface area (Å²) in [6, 6.07) is -0.480. The number of nitrogens with two attached hydrogens (primary N) is 1. The minimum absolute atomic E-state index is 0.335. The summed E-state index contributed by atoms with van der Waals surface area (Å²) in [4.78, 5) is 12.9. The molecule has 5 heteroatoms. The molecule has 0 aromatic carbocycles. The van der Waals surface area contributed by atoms with E-state index >= 15 is 0 Å². The molecule has 0 fully saturated rings. The molecule has 0 saturated heterocycles. The van der Waals surface area contributed by atoms with Crippen LogP contribution in [0.3, 0.4) is 0 Å². The molecule has 0 aliphatic carbocycles. The normalized spacial score (nSPS) is 12.8. The van der Waals surface area contributed by atoms with Crippen molar-refractivity contribution in [3.05, 3.63) is 0 Å². The zero-order chi connectivity index (χ0) is 10.4. The van der Waals surface area contributed by atoms with Crippen molar-refractivity contribution in [2.75, 3.05) is 13.1 Å². The first-order chi connectivity index (χ1) is 6.02. The highest BCUT2D eigenvalue weighted by Crippen LogP contribution is 2.03. The van der Waals surface area contributed by atoms with Crippen LogP contribution in [0.1, 0.15) is 20.3 Å². The summed E-state index contributed by atoms with van der Waals surface area (Å²) in [5.74, 6) is -0.819. The van der Waals surface area contributed by atoms with E-state index in [0.717, 1.165) is 0 Å². The van der Waals surface area contributed by atoms with Crippen molar-refractivity contribution in [2.24, 2.45) is 5.73 Å². The van der Waals surface area contributed by atoms with Gasteiger partial charge in [0.15, 0.2) is 0 Å². The number of hydrogen-bond acceptors (Lipinski definition) is 3. The van der Waals surface area contributed by atoms with E-state index in [1.807, 2.05) is 13.8 Å². The molecule has 0 rings (SSSR count). The van der Waals surface area contributed by atoms with Gasteiger partial charge in [0.2, 0.25) is 0 Å². The smallest absolute Gasteiger partial charge is 0.320 e. The van der Waals surface area contributed by atoms with Crippen molar-refractivity contribution >= 4 is 23.2 Å². The Morgan fingerprint density at radius 1 is 1.62 bits per heavy atom. The number of rotatable bonds is 6. The molecular formula is C8H16N2O2S. The third-order valence-electron chi connectivity index (χ3n) is 1.88. The minimum Gasteiger partial charge on any atom is -0.480 e. The van der Waals surface area contributed by atoms with Gasteiger partial charge in [-0.1, -0.05) is 26.1 Å². The number of aliphatic carboxylic acids is 1. The van der Waals surface area contributed by atoms with Crippen LogP contribution >= 0.6 is 12.2 Å². The van der Waals surface area contributed by atoms with Crippen LogP contribution in [0.25, 0.3) is 0 Å². The molecule has 76 valence electrons. The second kappa shape index (κ2) is 5.88. The van der Waals surface area contributed by atoms with E-state index in [2.05, 4.69) is 0 Å². The van der Waals surface area contributed by atoms with E-state index in [0.29, 0.717) is 24.5 Å². The highest BCUT2D eigenvalue weighted by atomic mass is 32.1. The quantitative estimate of drug-likeness (QED) is 0.615. The van der Waals surface area contributed by atoms with Gasteiger partial charge in [-0.2, -0.15) is 0 Å². The van der Waals surface area contributed by atoms with Crippen LogP contribution in [-0.4, -0.2) is 40.1 Å². The van der Waals surface area contributed by atoms with Gasteiger partial charge in [-0.3, -0.25) is 9.69 Å². The van der Waals surface area contributed by atoms with Gasteiger partial charge in [-0.25, -0.2) is 0 Å². The number of nitrogens with zero attached hydrogens (tertiary/aromatic N) is 1. The first kappa shape index (κ1) is 12.3. The van der Waals surface area contributed by atoms with Crippen molar-refractivity contribution in [3.63, 3.8) is 0 Å². The number of thiocarbonyl (C=S) groups is 1. The fourth-order valence-electron chi connectivity index (χ4n) is 1.23. The number of likely N-dealkylation sites (N-methyl/N-ethyl adjacent to an activating group) is 1. The number of hydrogen-bond donors (Lipinski definition) is 2. The number of carboxylic acids is 1. The first-order valence-corrected chi connectivity index (χ1v) is 4.68. The van der Waals surface area contributed by atoms with E-state index in [9.17, 15) is 4.79 Å². The highest BCUT2D eigenvalue weighted by molar-refractivity contribution is 7.80. The third kappa shape index (κ3) is 4.19. The predicted molar refractivity (Wildman–Crippen MR) is 55.7 cm³/mol. The van der Waals surface area contributed by atoms with E-state index in [1.165, 1.54) is 0 Å². The van der Waals surface area contributed by atoms with Gasteiger partial charge in [0, 0.05) is 6.54 Å². The molecule has 0 bridgehead atoms. The van der Waals surface area contributed by atoms with Crippen LogP contribution < -0.4 is 5.73 Å². The highest BCUT2D eigenvalue weighted by Gasteiger charge is 2.22. The first-order valence-electron chi connectivity index (χ1n) is 4.28. The zero-order valence-electron chi connectivity index (χ0n) is 7.99. The average Bonchev–Trinajstić information content (AvgIpc) is 2.02. The van der Waals surface area contributed by atoms with Gasteiger partial charge in [0.05, 0.1) is 4.99 Å². The lowest BCUT2D eigenvalue weighted by Crippen LogP contribution is -2.44.